The Labute approximate surface area is 136 Å². The van der Waals surface area contributed by atoms with E-state index >= 15 is 0 Å². The molecule has 2 aromatic rings. The first-order valence-electron chi connectivity index (χ1n) is 8.19. The average Bonchev–Trinajstić information content (AvgIpc) is 3.22. The number of aromatic amines is 1. The SMILES string of the molecule is CC(C)c1cc(C(=O)N2C[C@@H](CN)[C@H](c3ccccc3)C2)n[nH]1. The van der Waals surface area contributed by atoms with Crippen molar-refractivity contribution in [2.24, 2.45) is 11.7 Å². The van der Waals surface area contributed by atoms with Crippen LogP contribution in [-0.2, 0) is 0 Å². The number of benzene rings is 1. The largest absolute Gasteiger partial charge is 0.336 e. The summed E-state index contributed by atoms with van der Waals surface area (Å²) < 4.78 is 0. The van der Waals surface area contributed by atoms with Crippen molar-refractivity contribution >= 4 is 5.91 Å². The maximum atomic E-state index is 12.7. The molecular formula is C18H24N4O. The Morgan fingerprint density at radius 1 is 1.35 bits per heavy atom. The van der Waals surface area contributed by atoms with Gasteiger partial charge in [-0.3, -0.25) is 9.89 Å². The van der Waals surface area contributed by atoms with Crippen LogP contribution in [-0.4, -0.2) is 40.6 Å². The first-order chi connectivity index (χ1) is 11.1. The highest BCUT2D eigenvalue weighted by Crippen LogP contribution is 2.32. The molecule has 1 amide bonds. The molecule has 1 aromatic carbocycles. The zero-order valence-corrected chi connectivity index (χ0v) is 13.7. The predicted octanol–water partition coefficient (Wildman–Crippen LogP) is 2.35. The molecule has 1 aromatic heterocycles. The number of carbonyl (C=O) groups is 1. The van der Waals surface area contributed by atoms with E-state index in [0.717, 1.165) is 5.69 Å². The van der Waals surface area contributed by atoms with Crippen molar-refractivity contribution in [3.63, 3.8) is 0 Å². The summed E-state index contributed by atoms with van der Waals surface area (Å²) in [6, 6.07) is 12.2. The Morgan fingerprint density at radius 2 is 2.09 bits per heavy atom. The third-order valence-electron chi connectivity index (χ3n) is 4.70. The first-order valence-corrected chi connectivity index (χ1v) is 8.19. The molecule has 122 valence electrons. The molecule has 5 heteroatoms. The molecule has 2 heterocycles. The predicted molar refractivity (Wildman–Crippen MR) is 90.3 cm³/mol. The van der Waals surface area contributed by atoms with Gasteiger partial charge in [-0.2, -0.15) is 5.10 Å². The summed E-state index contributed by atoms with van der Waals surface area (Å²) in [6.07, 6.45) is 0. The van der Waals surface area contributed by atoms with Crippen LogP contribution in [0.5, 0.6) is 0 Å². The van der Waals surface area contributed by atoms with Crippen LogP contribution in [0.1, 0.15) is 47.4 Å². The number of amides is 1. The fraction of sp³-hybridized carbons (Fsp3) is 0.444. The third-order valence-corrected chi connectivity index (χ3v) is 4.70. The average molecular weight is 312 g/mol. The van der Waals surface area contributed by atoms with Crippen LogP contribution in [0, 0.1) is 5.92 Å². The molecule has 1 saturated heterocycles. The molecule has 1 aliphatic rings. The second-order valence-electron chi connectivity index (χ2n) is 6.59. The van der Waals surface area contributed by atoms with Crippen LogP contribution in [0.15, 0.2) is 36.4 Å². The zero-order chi connectivity index (χ0) is 16.4. The molecule has 0 unspecified atom stereocenters. The summed E-state index contributed by atoms with van der Waals surface area (Å²) in [7, 11) is 0. The minimum absolute atomic E-state index is 0.00923. The molecule has 0 radical (unpaired) electrons. The maximum absolute atomic E-state index is 12.7. The van der Waals surface area contributed by atoms with Crippen molar-refractivity contribution < 1.29 is 4.79 Å². The Bertz CT molecular complexity index is 665. The molecule has 0 spiro atoms. The summed E-state index contributed by atoms with van der Waals surface area (Å²) in [5, 5.41) is 7.14. The first kappa shape index (κ1) is 15.7. The molecular weight excluding hydrogens is 288 g/mol. The quantitative estimate of drug-likeness (QED) is 0.910. The van der Waals surface area contributed by atoms with E-state index in [0.29, 0.717) is 43.1 Å². The van der Waals surface area contributed by atoms with E-state index in [-0.39, 0.29) is 5.91 Å². The summed E-state index contributed by atoms with van der Waals surface area (Å²) in [6.45, 7) is 6.13. The van der Waals surface area contributed by atoms with Gasteiger partial charge in [0.25, 0.3) is 5.91 Å². The highest BCUT2D eigenvalue weighted by molar-refractivity contribution is 5.92. The fourth-order valence-corrected chi connectivity index (χ4v) is 3.26. The maximum Gasteiger partial charge on any atom is 0.274 e. The van der Waals surface area contributed by atoms with Crippen LogP contribution in [0.3, 0.4) is 0 Å². The molecule has 1 fully saturated rings. The van der Waals surface area contributed by atoms with Crippen molar-refractivity contribution in [2.75, 3.05) is 19.6 Å². The van der Waals surface area contributed by atoms with Crippen LogP contribution in [0.2, 0.25) is 0 Å². The molecule has 23 heavy (non-hydrogen) atoms. The minimum atomic E-state index is -0.00923. The zero-order valence-electron chi connectivity index (χ0n) is 13.7. The van der Waals surface area contributed by atoms with Crippen LogP contribution < -0.4 is 5.73 Å². The standard InChI is InChI=1S/C18H24N4O/c1-12(2)16-8-17(21-20-16)18(23)22-10-14(9-19)15(11-22)13-6-4-3-5-7-13/h3-8,12,14-15H,9-11,19H2,1-2H3,(H,20,21)/t14-,15+/m1/s1. The van der Waals surface area contributed by atoms with Gasteiger partial charge in [0.1, 0.15) is 5.69 Å². The van der Waals surface area contributed by atoms with Crippen LogP contribution >= 0.6 is 0 Å². The Balaban J connectivity index is 1.77. The van der Waals surface area contributed by atoms with Gasteiger partial charge in [-0.25, -0.2) is 0 Å². The van der Waals surface area contributed by atoms with Gasteiger partial charge < -0.3 is 10.6 Å². The van der Waals surface area contributed by atoms with Crippen molar-refractivity contribution in [2.45, 2.75) is 25.7 Å². The molecule has 3 N–H and O–H groups in total. The summed E-state index contributed by atoms with van der Waals surface area (Å²) in [5.41, 5.74) is 8.69. The second kappa shape index (κ2) is 6.54. The van der Waals surface area contributed by atoms with Gasteiger partial charge in [0.15, 0.2) is 0 Å². The smallest absolute Gasteiger partial charge is 0.274 e. The summed E-state index contributed by atoms with van der Waals surface area (Å²) in [5.74, 6) is 0.917. The van der Waals surface area contributed by atoms with E-state index < -0.39 is 0 Å². The topological polar surface area (TPSA) is 75.0 Å². The summed E-state index contributed by atoms with van der Waals surface area (Å²) >= 11 is 0. The molecule has 3 rings (SSSR count). The van der Waals surface area contributed by atoms with Crippen molar-refractivity contribution in [1.29, 1.82) is 0 Å². The van der Waals surface area contributed by atoms with Crippen molar-refractivity contribution in [3.05, 3.63) is 53.3 Å². The van der Waals surface area contributed by atoms with Crippen molar-refractivity contribution in [3.8, 4) is 0 Å². The number of H-pyrrole nitrogens is 1. The third kappa shape index (κ3) is 3.15. The lowest BCUT2D eigenvalue weighted by molar-refractivity contribution is 0.0780. The Hall–Kier alpha value is -2.14. The number of hydrogen-bond acceptors (Lipinski definition) is 3. The lowest BCUT2D eigenvalue weighted by atomic mass is 9.89. The molecule has 5 nitrogen and oxygen atoms in total. The highest BCUT2D eigenvalue weighted by Gasteiger charge is 2.36. The van der Waals surface area contributed by atoms with Gasteiger partial charge in [-0.1, -0.05) is 44.2 Å². The molecule has 0 bridgehead atoms. The number of hydrogen-bond donors (Lipinski definition) is 2. The molecule has 0 aliphatic carbocycles. The number of aromatic nitrogens is 2. The Morgan fingerprint density at radius 3 is 2.70 bits per heavy atom. The fourth-order valence-electron chi connectivity index (χ4n) is 3.26. The van der Waals surface area contributed by atoms with Gasteiger partial charge in [0.2, 0.25) is 0 Å². The van der Waals surface area contributed by atoms with E-state index in [2.05, 4.69) is 36.2 Å². The second-order valence-corrected chi connectivity index (χ2v) is 6.59. The number of carbonyl (C=O) groups excluding carboxylic acids is 1. The van der Waals surface area contributed by atoms with E-state index in [9.17, 15) is 4.79 Å². The number of rotatable bonds is 4. The molecule has 2 atom stereocenters. The van der Waals surface area contributed by atoms with E-state index in [1.165, 1.54) is 5.56 Å². The number of nitrogens with two attached hydrogens (primary N) is 1. The number of nitrogens with one attached hydrogen (secondary N) is 1. The lowest BCUT2D eigenvalue weighted by Gasteiger charge is -2.16. The summed E-state index contributed by atoms with van der Waals surface area (Å²) in [4.78, 5) is 14.6. The number of nitrogens with zero attached hydrogens (tertiary/aromatic N) is 2. The van der Waals surface area contributed by atoms with E-state index in [1.54, 1.807) is 0 Å². The normalized spacial score (nSPS) is 21.1. The lowest BCUT2D eigenvalue weighted by Crippen LogP contribution is -2.30. The van der Waals surface area contributed by atoms with Gasteiger partial charge in [0, 0.05) is 24.7 Å². The van der Waals surface area contributed by atoms with Crippen molar-refractivity contribution in [1.82, 2.24) is 15.1 Å². The Kier molecular flexibility index (Phi) is 4.48. The van der Waals surface area contributed by atoms with Gasteiger partial charge in [-0.05, 0) is 30.0 Å². The molecule has 1 aliphatic heterocycles. The van der Waals surface area contributed by atoms with E-state index in [4.69, 9.17) is 5.73 Å². The van der Waals surface area contributed by atoms with Gasteiger partial charge in [-0.15, -0.1) is 0 Å². The van der Waals surface area contributed by atoms with Crippen LogP contribution in [0.25, 0.3) is 0 Å². The van der Waals surface area contributed by atoms with Crippen LogP contribution in [0.4, 0.5) is 0 Å². The van der Waals surface area contributed by atoms with E-state index in [1.807, 2.05) is 29.2 Å². The monoisotopic (exact) mass is 312 g/mol. The highest BCUT2D eigenvalue weighted by atomic mass is 16.2. The van der Waals surface area contributed by atoms with Gasteiger partial charge >= 0.3 is 0 Å². The minimum Gasteiger partial charge on any atom is -0.336 e. The van der Waals surface area contributed by atoms with Gasteiger partial charge in [0.05, 0.1) is 0 Å². The molecule has 0 saturated carbocycles. The number of likely N-dealkylation sites (tertiary alicyclic amines) is 1.